The van der Waals surface area contributed by atoms with Gasteiger partial charge in [-0.05, 0) is 19.1 Å². The second-order valence-corrected chi connectivity index (χ2v) is 9.12. The highest BCUT2D eigenvalue weighted by molar-refractivity contribution is 7.89. The number of allylic oxidation sites excluding steroid dienone is 1. The lowest BCUT2D eigenvalue weighted by Crippen LogP contribution is -2.50. The Balaban J connectivity index is 2.07. The molecule has 0 aromatic heterocycles. The molecule has 1 aromatic rings. The molecule has 32 heavy (non-hydrogen) atoms. The second kappa shape index (κ2) is 10.6. The van der Waals surface area contributed by atoms with Crippen LogP contribution >= 0.6 is 11.6 Å². The molecular formula is C18H21ClF2N6O4S. The highest BCUT2D eigenvalue weighted by atomic mass is 35.5. The van der Waals surface area contributed by atoms with Crippen LogP contribution in [0.1, 0.15) is 6.92 Å². The summed E-state index contributed by atoms with van der Waals surface area (Å²) >= 11 is 6.09. The van der Waals surface area contributed by atoms with Gasteiger partial charge in [0.15, 0.2) is 0 Å². The normalized spacial score (nSPS) is 15.6. The number of anilines is 1. The van der Waals surface area contributed by atoms with Gasteiger partial charge in [0.2, 0.25) is 15.9 Å². The van der Waals surface area contributed by atoms with Crippen molar-refractivity contribution in [1.82, 2.24) is 14.5 Å². The van der Waals surface area contributed by atoms with E-state index in [1.54, 1.807) is 0 Å². The molecule has 10 nitrogen and oxygen atoms in total. The number of hydrogen-bond acceptors (Lipinski definition) is 7. The van der Waals surface area contributed by atoms with Gasteiger partial charge in [-0.1, -0.05) is 11.6 Å². The smallest absolute Gasteiger partial charge is 0.269 e. The monoisotopic (exact) mass is 490 g/mol. The van der Waals surface area contributed by atoms with Crippen LogP contribution in [0.5, 0.6) is 0 Å². The van der Waals surface area contributed by atoms with Gasteiger partial charge in [0.25, 0.3) is 5.91 Å². The van der Waals surface area contributed by atoms with Crippen molar-refractivity contribution in [2.24, 2.45) is 0 Å². The molecule has 0 atom stereocenters. The molecule has 4 N–H and O–H groups in total. The Bertz CT molecular complexity index is 1050. The van der Waals surface area contributed by atoms with Gasteiger partial charge in [0, 0.05) is 44.1 Å². The van der Waals surface area contributed by atoms with Gasteiger partial charge in [-0.3, -0.25) is 15.0 Å². The maximum Gasteiger partial charge on any atom is 0.269 e. The first-order chi connectivity index (χ1) is 14.9. The SMILES string of the molecule is CC(=N)NC(=O)CS(=O)(=O)N1CCN(/C(C=N)=C(\Cl)C(=O)Nc2cc(F)cc(F)c2)CC1. The Hall–Kier alpha value is -2.90. The molecule has 0 saturated carbocycles. The highest BCUT2D eigenvalue weighted by Crippen LogP contribution is 2.20. The van der Waals surface area contributed by atoms with Gasteiger partial charge in [0.05, 0.1) is 11.5 Å². The van der Waals surface area contributed by atoms with Gasteiger partial charge in [0.1, 0.15) is 22.4 Å². The van der Waals surface area contributed by atoms with E-state index in [-0.39, 0.29) is 43.4 Å². The third-order valence-electron chi connectivity index (χ3n) is 4.29. The van der Waals surface area contributed by atoms with Crippen molar-refractivity contribution in [3.63, 3.8) is 0 Å². The number of rotatable bonds is 7. The minimum atomic E-state index is -3.93. The van der Waals surface area contributed by atoms with E-state index >= 15 is 0 Å². The predicted molar refractivity (Wildman–Crippen MR) is 115 cm³/mol. The lowest BCUT2D eigenvalue weighted by molar-refractivity contribution is -0.117. The number of amidine groups is 1. The number of sulfonamides is 1. The molecule has 1 heterocycles. The Labute approximate surface area is 188 Å². The molecule has 0 aliphatic carbocycles. The van der Waals surface area contributed by atoms with E-state index in [2.05, 4.69) is 10.6 Å². The van der Waals surface area contributed by atoms with Crippen LogP contribution in [0.4, 0.5) is 14.5 Å². The molecule has 1 fully saturated rings. The van der Waals surface area contributed by atoms with Gasteiger partial charge in [-0.15, -0.1) is 0 Å². The first kappa shape index (κ1) is 25.4. The fourth-order valence-electron chi connectivity index (χ4n) is 2.93. The van der Waals surface area contributed by atoms with E-state index < -0.39 is 44.3 Å². The molecule has 14 heteroatoms. The molecule has 174 valence electrons. The summed E-state index contributed by atoms with van der Waals surface area (Å²) in [5.74, 6) is -4.50. The van der Waals surface area contributed by atoms with E-state index in [4.69, 9.17) is 22.4 Å². The van der Waals surface area contributed by atoms with E-state index in [0.717, 1.165) is 22.7 Å². The highest BCUT2D eigenvalue weighted by Gasteiger charge is 2.30. The van der Waals surface area contributed by atoms with Crippen molar-refractivity contribution >= 4 is 51.2 Å². The van der Waals surface area contributed by atoms with Crippen molar-refractivity contribution in [1.29, 1.82) is 10.8 Å². The molecule has 0 radical (unpaired) electrons. The van der Waals surface area contributed by atoms with Gasteiger partial charge >= 0.3 is 0 Å². The third kappa shape index (κ3) is 6.80. The van der Waals surface area contributed by atoms with Crippen molar-refractivity contribution in [3.8, 4) is 0 Å². The van der Waals surface area contributed by atoms with Gasteiger partial charge in [-0.2, -0.15) is 4.31 Å². The summed E-state index contributed by atoms with van der Waals surface area (Å²) in [5.41, 5.74) is -0.167. The summed E-state index contributed by atoms with van der Waals surface area (Å²) in [6, 6.07) is 2.43. The average Bonchev–Trinajstić information content (AvgIpc) is 2.66. The number of halogens is 3. The summed E-state index contributed by atoms with van der Waals surface area (Å²) in [7, 11) is -3.93. The van der Waals surface area contributed by atoms with Crippen molar-refractivity contribution in [2.45, 2.75) is 6.92 Å². The Morgan fingerprint density at radius 1 is 1.16 bits per heavy atom. The number of amides is 2. The zero-order chi connectivity index (χ0) is 24.1. The van der Waals surface area contributed by atoms with Gasteiger partial charge in [-0.25, -0.2) is 17.2 Å². The molecule has 1 saturated heterocycles. The standard InChI is InChI=1S/C18H21ClF2N6O4S/c1-11(23)24-16(28)10-32(30,31)27-4-2-26(3-5-27)15(9-22)17(19)18(29)25-14-7-12(20)6-13(21)8-14/h6-9,22H,2-5,10H2,1H3,(H,25,29)(H2,23,24,28)/b17-15-,22-9?. The van der Waals surface area contributed by atoms with E-state index in [1.807, 2.05) is 0 Å². The number of carbonyl (C=O) groups excluding carboxylic acids is 2. The van der Waals surface area contributed by atoms with Crippen LogP contribution in [-0.2, 0) is 19.6 Å². The first-order valence-electron chi connectivity index (χ1n) is 9.18. The minimum absolute atomic E-state index is 0.00439. The number of piperazine rings is 1. The Morgan fingerprint density at radius 3 is 2.22 bits per heavy atom. The molecule has 2 amide bonds. The molecule has 2 rings (SSSR count). The number of benzene rings is 1. The Morgan fingerprint density at radius 2 is 1.72 bits per heavy atom. The minimum Gasteiger partial charge on any atom is -0.366 e. The predicted octanol–water partition coefficient (Wildman–Crippen LogP) is 1.06. The summed E-state index contributed by atoms with van der Waals surface area (Å²) in [6.45, 7) is 1.40. The van der Waals surface area contributed by atoms with Crippen LogP contribution in [-0.4, -0.2) is 73.4 Å². The summed E-state index contributed by atoms with van der Waals surface area (Å²) in [6.07, 6.45) is 0.818. The lowest BCUT2D eigenvalue weighted by atomic mass is 10.2. The van der Waals surface area contributed by atoms with Crippen LogP contribution in [0.15, 0.2) is 28.9 Å². The van der Waals surface area contributed by atoms with Gasteiger partial charge < -0.3 is 20.9 Å². The third-order valence-corrected chi connectivity index (χ3v) is 6.44. The number of nitrogens with one attached hydrogen (secondary N) is 4. The largest absolute Gasteiger partial charge is 0.366 e. The van der Waals surface area contributed by atoms with Crippen LogP contribution in [0, 0.1) is 22.5 Å². The van der Waals surface area contributed by atoms with Crippen molar-refractivity contribution < 1.29 is 26.8 Å². The maximum atomic E-state index is 13.3. The number of hydrogen-bond donors (Lipinski definition) is 4. The molecule has 1 aliphatic rings. The van der Waals surface area contributed by atoms with Crippen LogP contribution in [0.25, 0.3) is 0 Å². The molecule has 1 aromatic carbocycles. The molecule has 0 spiro atoms. The average molecular weight is 491 g/mol. The van der Waals surface area contributed by atoms with E-state index in [1.165, 1.54) is 11.8 Å². The summed E-state index contributed by atoms with van der Waals surface area (Å²) in [4.78, 5) is 25.5. The van der Waals surface area contributed by atoms with Crippen molar-refractivity contribution in [2.75, 3.05) is 37.2 Å². The second-order valence-electron chi connectivity index (χ2n) is 6.77. The number of carbonyl (C=O) groups is 2. The zero-order valence-electron chi connectivity index (χ0n) is 16.9. The molecule has 0 unspecified atom stereocenters. The fraction of sp³-hybridized carbons (Fsp3) is 0.333. The quantitative estimate of drug-likeness (QED) is 0.256. The summed E-state index contributed by atoms with van der Waals surface area (Å²) < 4.78 is 52.5. The first-order valence-corrected chi connectivity index (χ1v) is 11.2. The van der Waals surface area contributed by atoms with Crippen LogP contribution < -0.4 is 10.6 Å². The lowest BCUT2D eigenvalue weighted by Gasteiger charge is -2.35. The molecule has 1 aliphatic heterocycles. The van der Waals surface area contributed by atoms with E-state index in [0.29, 0.717) is 6.07 Å². The molecular weight excluding hydrogens is 470 g/mol. The fourth-order valence-corrected chi connectivity index (χ4v) is 4.46. The zero-order valence-corrected chi connectivity index (χ0v) is 18.5. The molecule has 0 bridgehead atoms. The maximum absolute atomic E-state index is 13.3. The van der Waals surface area contributed by atoms with Crippen LogP contribution in [0.2, 0.25) is 0 Å². The topological polar surface area (TPSA) is 147 Å². The Kier molecular flexibility index (Phi) is 8.41. The van der Waals surface area contributed by atoms with Crippen LogP contribution in [0.3, 0.4) is 0 Å². The van der Waals surface area contributed by atoms with E-state index in [9.17, 15) is 26.8 Å². The van der Waals surface area contributed by atoms with Crippen molar-refractivity contribution in [3.05, 3.63) is 40.6 Å². The number of nitrogens with zero attached hydrogens (tertiary/aromatic N) is 2. The summed E-state index contributed by atoms with van der Waals surface area (Å²) in [5, 5.41) is 18.7.